The van der Waals surface area contributed by atoms with Crippen molar-refractivity contribution in [2.24, 2.45) is 0 Å². The van der Waals surface area contributed by atoms with Crippen LogP contribution in [0.15, 0.2) is 24.3 Å². The largest absolute Gasteiger partial charge is 0.496 e. The number of imide groups is 1. The molecule has 0 unspecified atom stereocenters. The Morgan fingerprint density at radius 1 is 0.828 bits per heavy atom. The van der Waals surface area contributed by atoms with Gasteiger partial charge < -0.3 is 9.47 Å². The minimum absolute atomic E-state index is 0.205. The molecule has 5 heteroatoms. The summed E-state index contributed by atoms with van der Waals surface area (Å²) < 4.78 is 11.6. The van der Waals surface area contributed by atoms with Crippen LogP contribution in [0, 0.1) is 0 Å². The zero-order chi connectivity index (χ0) is 21.0. The summed E-state index contributed by atoms with van der Waals surface area (Å²) in [5.74, 6) is 0.744. The summed E-state index contributed by atoms with van der Waals surface area (Å²) in [4.78, 5) is 27.3. The molecule has 0 aromatic heterocycles. The Balaban J connectivity index is 1.91. The van der Waals surface area contributed by atoms with Crippen LogP contribution in [0.1, 0.15) is 80.0 Å². The molecule has 0 bridgehead atoms. The number of ether oxygens (including phenoxy) is 2. The van der Waals surface area contributed by atoms with Crippen LogP contribution in [0.5, 0.6) is 11.5 Å². The number of benzene rings is 2. The Morgan fingerprint density at radius 3 is 2.00 bits per heavy atom. The van der Waals surface area contributed by atoms with Gasteiger partial charge >= 0.3 is 0 Å². The normalized spacial score (nSPS) is 13.5. The first-order valence-electron chi connectivity index (χ1n) is 10.7. The summed E-state index contributed by atoms with van der Waals surface area (Å²) in [6.45, 7) is 6.51. The van der Waals surface area contributed by atoms with E-state index in [4.69, 9.17) is 9.47 Å². The number of amides is 2. The van der Waals surface area contributed by atoms with Crippen LogP contribution in [0.3, 0.4) is 0 Å². The highest BCUT2D eigenvalue weighted by Crippen LogP contribution is 2.41. The SMILES string of the molecule is CCCCCCCCOc1ccc2c3c(ccc(OC)c13)C(=O)N(C(C)C)C2=O. The zero-order valence-corrected chi connectivity index (χ0v) is 17.9. The van der Waals surface area contributed by atoms with Gasteiger partial charge in [-0.2, -0.15) is 0 Å². The van der Waals surface area contributed by atoms with E-state index in [0.717, 1.165) is 12.8 Å². The minimum Gasteiger partial charge on any atom is -0.496 e. The van der Waals surface area contributed by atoms with Crippen LogP contribution in [0.25, 0.3) is 10.8 Å². The highest BCUT2D eigenvalue weighted by Gasteiger charge is 2.35. The van der Waals surface area contributed by atoms with Crippen LogP contribution in [-0.2, 0) is 0 Å². The van der Waals surface area contributed by atoms with Crippen LogP contribution in [-0.4, -0.2) is 36.5 Å². The number of unbranched alkanes of at least 4 members (excludes halogenated alkanes) is 5. The van der Waals surface area contributed by atoms with Gasteiger partial charge in [0.25, 0.3) is 11.8 Å². The molecule has 5 nitrogen and oxygen atoms in total. The van der Waals surface area contributed by atoms with Crippen molar-refractivity contribution in [3.8, 4) is 11.5 Å². The first-order chi connectivity index (χ1) is 14.0. The molecule has 0 atom stereocenters. The molecular weight excluding hydrogens is 366 g/mol. The van der Waals surface area contributed by atoms with Gasteiger partial charge in [0, 0.05) is 22.6 Å². The zero-order valence-electron chi connectivity index (χ0n) is 17.9. The fraction of sp³-hybridized carbons (Fsp3) is 0.500. The van der Waals surface area contributed by atoms with Gasteiger partial charge in [-0.15, -0.1) is 0 Å². The van der Waals surface area contributed by atoms with Crippen LogP contribution < -0.4 is 9.47 Å². The van der Waals surface area contributed by atoms with Crippen molar-refractivity contribution in [2.75, 3.05) is 13.7 Å². The Labute approximate surface area is 173 Å². The molecule has 2 aromatic rings. The maximum absolute atomic E-state index is 13.0. The number of hydrogen-bond donors (Lipinski definition) is 0. The average molecular weight is 398 g/mol. The number of hydrogen-bond acceptors (Lipinski definition) is 4. The van der Waals surface area contributed by atoms with E-state index < -0.39 is 0 Å². The van der Waals surface area contributed by atoms with Crippen molar-refractivity contribution in [3.05, 3.63) is 35.4 Å². The van der Waals surface area contributed by atoms with E-state index in [1.165, 1.54) is 30.6 Å². The van der Waals surface area contributed by atoms with Crippen LogP contribution in [0.4, 0.5) is 0 Å². The molecule has 0 N–H and O–H groups in total. The first kappa shape index (κ1) is 21.2. The molecule has 0 fully saturated rings. The lowest BCUT2D eigenvalue weighted by molar-refractivity contribution is 0.0564. The van der Waals surface area contributed by atoms with E-state index in [0.29, 0.717) is 40.0 Å². The maximum Gasteiger partial charge on any atom is 0.261 e. The Bertz CT molecular complexity index is 881. The predicted molar refractivity (Wildman–Crippen MR) is 115 cm³/mol. The Hall–Kier alpha value is -2.56. The second-order valence-electron chi connectivity index (χ2n) is 7.87. The molecule has 1 heterocycles. The third-order valence-corrected chi connectivity index (χ3v) is 5.47. The summed E-state index contributed by atoms with van der Waals surface area (Å²) >= 11 is 0. The number of nitrogens with zero attached hydrogens (tertiary/aromatic N) is 1. The molecule has 0 radical (unpaired) electrons. The molecular formula is C24H31NO4. The molecule has 3 rings (SSSR count). The highest BCUT2D eigenvalue weighted by molar-refractivity contribution is 6.27. The third-order valence-electron chi connectivity index (χ3n) is 5.47. The number of rotatable bonds is 10. The molecule has 0 saturated heterocycles. The number of carbonyl (C=O) groups excluding carboxylic acids is 2. The lowest BCUT2D eigenvalue weighted by Gasteiger charge is -2.30. The van der Waals surface area contributed by atoms with Crippen LogP contribution in [0.2, 0.25) is 0 Å². The van der Waals surface area contributed by atoms with Gasteiger partial charge in [-0.25, -0.2) is 0 Å². The molecule has 0 saturated carbocycles. The molecule has 1 aliphatic heterocycles. The first-order valence-corrected chi connectivity index (χ1v) is 10.7. The number of methoxy groups -OCH3 is 1. The third kappa shape index (κ3) is 4.09. The van der Waals surface area contributed by atoms with E-state index in [9.17, 15) is 9.59 Å². The Kier molecular flexibility index (Phi) is 6.78. The van der Waals surface area contributed by atoms with Crippen molar-refractivity contribution in [1.82, 2.24) is 4.90 Å². The van der Waals surface area contributed by atoms with Crippen molar-refractivity contribution >= 4 is 22.6 Å². The lowest BCUT2D eigenvalue weighted by Crippen LogP contribution is -2.44. The highest BCUT2D eigenvalue weighted by atomic mass is 16.5. The second kappa shape index (κ2) is 9.29. The van der Waals surface area contributed by atoms with Crippen LogP contribution >= 0.6 is 0 Å². The summed E-state index contributed by atoms with van der Waals surface area (Å²) in [5, 5.41) is 1.34. The van der Waals surface area contributed by atoms with Gasteiger partial charge in [0.2, 0.25) is 0 Å². The van der Waals surface area contributed by atoms with Gasteiger partial charge in [0.1, 0.15) is 11.5 Å². The Morgan fingerprint density at radius 2 is 1.41 bits per heavy atom. The van der Waals surface area contributed by atoms with E-state index in [1.54, 1.807) is 25.3 Å². The monoisotopic (exact) mass is 397 g/mol. The summed E-state index contributed by atoms with van der Waals surface area (Å²) in [7, 11) is 1.59. The fourth-order valence-electron chi connectivity index (χ4n) is 3.97. The van der Waals surface area contributed by atoms with Gasteiger partial charge in [-0.3, -0.25) is 14.5 Å². The van der Waals surface area contributed by atoms with Gasteiger partial charge in [0.15, 0.2) is 0 Å². The molecule has 156 valence electrons. The standard InChI is InChI=1S/C24H31NO4/c1-5-6-7-8-9-10-15-29-20-14-12-18-21-17(11-13-19(28-4)22(20)21)23(26)25(16(2)3)24(18)27/h11-14,16H,5-10,15H2,1-4H3. The van der Waals surface area contributed by atoms with Crippen molar-refractivity contribution in [1.29, 1.82) is 0 Å². The molecule has 2 aromatic carbocycles. The fourth-order valence-corrected chi connectivity index (χ4v) is 3.97. The predicted octanol–water partition coefficient (Wildman–Crippen LogP) is 5.59. The minimum atomic E-state index is -0.266. The second-order valence-corrected chi connectivity index (χ2v) is 7.87. The molecule has 29 heavy (non-hydrogen) atoms. The average Bonchev–Trinajstić information content (AvgIpc) is 2.71. The van der Waals surface area contributed by atoms with Crippen molar-refractivity contribution < 1.29 is 19.1 Å². The summed E-state index contributed by atoms with van der Waals surface area (Å²) in [6, 6.07) is 6.92. The summed E-state index contributed by atoms with van der Waals surface area (Å²) in [6.07, 6.45) is 7.12. The van der Waals surface area contributed by atoms with Gasteiger partial charge in [-0.1, -0.05) is 39.0 Å². The topological polar surface area (TPSA) is 55.8 Å². The van der Waals surface area contributed by atoms with Gasteiger partial charge in [0.05, 0.1) is 19.1 Å². The van der Waals surface area contributed by atoms with E-state index >= 15 is 0 Å². The quantitative estimate of drug-likeness (QED) is 0.387. The van der Waals surface area contributed by atoms with Gasteiger partial charge in [-0.05, 0) is 44.5 Å². The molecule has 0 aliphatic carbocycles. The lowest BCUT2D eigenvalue weighted by atomic mass is 9.92. The maximum atomic E-state index is 13.0. The van der Waals surface area contributed by atoms with E-state index in [1.807, 2.05) is 19.9 Å². The molecule has 1 aliphatic rings. The van der Waals surface area contributed by atoms with E-state index in [2.05, 4.69) is 6.92 Å². The molecule has 2 amide bonds. The smallest absolute Gasteiger partial charge is 0.261 e. The molecule has 0 spiro atoms. The van der Waals surface area contributed by atoms with E-state index in [-0.39, 0.29) is 17.9 Å². The summed E-state index contributed by atoms with van der Waals surface area (Å²) in [5.41, 5.74) is 1.04. The number of carbonyl (C=O) groups is 2. The van der Waals surface area contributed by atoms with Crippen molar-refractivity contribution in [2.45, 2.75) is 65.3 Å². The van der Waals surface area contributed by atoms with Crippen molar-refractivity contribution in [3.63, 3.8) is 0 Å².